The van der Waals surface area contributed by atoms with Crippen LogP contribution in [0.2, 0.25) is 0 Å². The van der Waals surface area contributed by atoms with E-state index in [0.29, 0.717) is 5.56 Å². The van der Waals surface area contributed by atoms with Gasteiger partial charge in [0.25, 0.3) is 5.24 Å². The summed E-state index contributed by atoms with van der Waals surface area (Å²) in [5.41, 5.74) is 7.19. The van der Waals surface area contributed by atoms with Crippen LogP contribution in [0.5, 0.6) is 0 Å². The first kappa shape index (κ1) is 17.2. The quantitative estimate of drug-likeness (QED) is 0.336. The van der Waals surface area contributed by atoms with Crippen molar-refractivity contribution in [2.45, 2.75) is 58.3 Å². The molecule has 0 amide bonds. The minimum atomic E-state index is -0.377. The molecule has 0 fully saturated rings. The monoisotopic (exact) mass is 340 g/mol. The second-order valence-electron chi connectivity index (χ2n) is 6.83. The van der Waals surface area contributed by atoms with Gasteiger partial charge in [-0.25, -0.2) is 0 Å². The molecule has 0 saturated carbocycles. The highest BCUT2D eigenvalue weighted by Gasteiger charge is 2.19. The number of hydrogen-bond donors (Lipinski definition) is 0. The van der Waals surface area contributed by atoms with Gasteiger partial charge in [0, 0.05) is 5.56 Å². The molecule has 0 spiro atoms. The van der Waals surface area contributed by atoms with E-state index in [9.17, 15) is 4.79 Å². The summed E-state index contributed by atoms with van der Waals surface area (Å²) in [6.45, 7) is 2.26. The van der Waals surface area contributed by atoms with E-state index in [4.69, 9.17) is 11.6 Å². The molecule has 0 atom stereocenters. The van der Waals surface area contributed by atoms with Gasteiger partial charge in [0.15, 0.2) is 0 Å². The molecule has 126 valence electrons. The van der Waals surface area contributed by atoms with Gasteiger partial charge in [-0.2, -0.15) is 0 Å². The van der Waals surface area contributed by atoms with Gasteiger partial charge in [-0.05, 0) is 70.8 Å². The minimum absolute atomic E-state index is 0.377. The van der Waals surface area contributed by atoms with Gasteiger partial charge >= 0.3 is 0 Å². The summed E-state index contributed by atoms with van der Waals surface area (Å²) in [4.78, 5) is 11.4. The number of benzene rings is 2. The third kappa shape index (κ3) is 3.89. The molecule has 2 aromatic carbocycles. The highest BCUT2D eigenvalue weighted by atomic mass is 35.5. The molecule has 1 aliphatic carbocycles. The van der Waals surface area contributed by atoms with Gasteiger partial charge in [-0.3, -0.25) is 4.79 Å². The first-order valence-corrected chi connectivity index (χ1v) is 9.51. The standard InChI is InChI=1S/C22H25ClO/c1-2-3-4-5-6-7-8-16-9-11-20-18(13-16)15-19-14-17(22(23)24)10-12-21(19)20/h9-14H,2-8,15H2,1H3. The van der Waals surface area contributed by atoms with Gasteiger partial charge < -0.3 is 0 Å². The van der Waals surface area contributed by atoms with Crippen LogP contribution >= 0.6 is 11.6 Å². The summed E-state index contributed by atoms with van der Waals surface area (Å²) in [6, 6.07) is 12.7. The van der Waals surface area contributed by atoms with Crippen LogP contribution in [0.15, 0.2) is 36.4 Å². The Morgan fingerprint density at radius 1 is 0.917 bits per heavy atom. The molecule has 0 unspecified atom stereocenters. The lowest BCUT2D eigenvalue weighted by Crippen LogP contribution is -1.90. The molecule has 0 saturated heterocycles. The van der Waals surface area contributed by atoms with E-state index in [1.165, 1.54) is 72.8 Å². The summed E-state index contributed by atoms with van der Waals surface area (Å²) < 4.78 is 0. The maximum absolute atomic E-state index is 11.4. The summed E-state index contributed by atoms with van der Waals surface area (Å²) in [7, 11) is 0. The first-order chi connectivity index (χ1) is 11.7. The Labute approximate surface area is 150 Å². The summed E-state index contributed by atoms with van der Waals surface area (Å²) in [5.74, 6) is 0. The molecule has 0 heterocycles. The normalized spacial score (nSPS) is 12.1. The number of rotatable bonds is 8. The summed E-state index contributed by atoms with van der Waals surface area (Å²) in [5, 5.41) is -0.377. The zero-order chi connectivity index (χ0) is 16.9. The Kier molecular flexibility index (Phi) is 5.73. The van der Waals surface area contributed by atoms with Gasteiger partial charge in [0.1, 0.15) is 0 Å². The van der Waals surface area contributed by atoms with Gasteiger partial charge in [0.05, 0.1) is 0 Å². The smallest absolute Gasteiger partial charge is 0.252 e. The maximum Gasteiger partial charge on any atom is 0.252 e. The second-order valence-corrected chi connectivity index (χ2v) is 7.17. The van der Waals surface area contributed by atoms with Crippen molar-refractivity contribution in [2.24, 2.45) is 0 Å². The predicted molar refractivity (Wildman–Crippen MR) is 102 cm³/mol. The Bertz CT molecular complexity index is 733. The fourth-order valence-corrected chi connectivity index (χ4v) is 3.77. The average Bonchev–Trinajstić information content (AvgIpc) is 2.94. The van der Waals surface area contributed by atoms with Crippen LogP contribution in [0.3, 0.4) is 0 Å². The number of unbranched alkanes of at least 4 members (excludes halogenated alkanes) is 5. The molecule has 1 nitrogen and oxygen atoms in total. The number of aryl methyl sites for hydroxylation is 1. The fraction of sp³-hybridized carbons (Fsp3) is 0.409. The first-order valence-electron chi connectivity index (χ1n) is 9.14. The van der Waals surface area contributed by atoms with Crippen molar-refractivity contribution in [3.63, 3.8) is 0 Å². The lowest BCUT2D eigenvalue weighted by molar-refractivity contribution is 0.108. The molecule has 0 aromatic heterocycles. The van der Waals surface area contributed by atoms with Crippen molar-refractivity contribution in [3.8, 4) is 11.1 Å². The van der Waals surface area contributed by atoms with E-state index >= 15 is 0 Å². The zero-order valence-corrected chi connectivity index (χ0v) is 15.2. The molecule has 0 aliphatic heterocycles. The molecule has 2 heteroatoms. The van der Waals surface area contributed by atoms with Crippen molar-refractivity contribution in [1.29, 1.82) is 0 Å². The lowest BCUT2D eigenvalue weighted by atomic mass is 9.99. The number of hydrogen-bond acceptors (Lipinski definition) is 1. The third-order valence-electron chi connectivity index (χ3n) is 4.99. The Hall–Kier alpha value is -1.60. The molecular weight excluding hydrogens is 316 g/mol. The average molecular weight is 341 g/mol. The Morgan fingerprint density at radius 2 is 1.58 bits per heavy atom. The van der Waals surface area contributed by atoms with Crippen LogP contribution in [0.4, 0.5) is 0 Å². The Balaban J connectivity index is 1.63. The summed E-state index contributed by atoms with van der Waals surface area (Å²) in [6.07, 6.45) is 10.1. The van der Waals surface area contributed by atoms with Crippen LogP contribution in [0.1, 0.15) is 72.5 Å². The fourth-order valence-electron chi connectivity index (χ4n) is 3.65. The van der Waals surface area contributed by atoms with E-state index in [1.807, 2.05) is 18.2 Å². The van der Waals surface area contributed by atoms with Crippen LogP contribution in [-0.2, 0) is 12.8 Å². The molecule has 3 rings (SSSR count). The number of carbonyl (C=O) groups excluding carboxylic acids is 1. The molecule has 0 N–H and O–H groups in total. The topological polar surface area (TPSA) is 17.1 Å². The maximum atomic E-state index is 11.4. The van der Waals surface area contributed by atoms with Crippen molar-refractivity contribution in [3.05, 3.63) is 58.7 Å². The number of halogens is 1. The van der Waals surface area contributed by atoms with E-state index in [-0.39, 0.29) is 5.24 Å². The predicted octanol–water partition coefficient (Wildman–Crippen LogP) is 6.54. The SMILES string of the molecule is CCCCCCCCc1ccc2c(c1)Cc1cc(C(=O)Cl)ccc1-2. The van der Waals surface area contributed by atoms with E-state index in [1.54, 1.807) is 0 Å². The van der Waals surface area contributed by atoms with E-state index < -0.39 is 0 Å². The molecule has 24 heavy (non-hydrogen) atoms. The highest BCUT2D eigenvalue weighted by Crippen LogP contribution is 2.37. The lowest BCUT2D eigenvalue weighted by Gasteiger charge is -2.06. The van der Waals surface area contributed by atoms with Crippen LogP contribution in [0.25, 0.3) is 11.1 Å². The van der Waals surface area contributed by atoms with Crippen LogP contribution < -0.4 is 0 Å². The molecule has 0 bridgehead atoms. The van der Waals surface area contributed by atoms with Crippen LogP contribution in [-0.4, -0.2) is 5.24 Å². The Morgan fingerprint density at radius 3 is 2.33 bits per heavy atom. The largest absolute Gasteiger partial charge is 0.276 e. The molecule has 0 radical (unpaired) electrons. The third-order valence-corrected chi connectivity index (χ3v) is 5.21. The highest BCUT2D eigenvalue weighted by molar-refractivity contribution is 6.67. The van der Waals surface area contributed by atoms with Gasteiger partial charge in [-0.15, -0.1) is 0 Å². The molecule has 2 aromatic rings. The second kappa shape index (κ2) is 7.98. The molecular formula is C22H25ClO. The van der Waals surface area contributed by atoms with Gasteiger partial charge in [-0.1, -0.05) is 63.3 Å². The number of carbonyl (C=O) groups is 1. The molecule has 1 aliphatic rings. The van der Waals surface area contributed by atoms with Crippen molar-refractivity contribution < 1.29 is 4.79 Å². The van der Waals surface area contributed by atoms with Gasteiger partial charge in [0.2, 0.25) is 0 Å². The van der Waals surface area contributed by atoms with Crippen molar-refractivity contribution in [1.82, 2.24) is 0 Å². The number of fused-ring (bicyclic) bond motifs is 3. The van der Waals surface area contributed by atoms with E-state index in [0.717, 1.165) is 6.42 Å². The van der Waals surface area contributed by atoms with Crippen molar-refractivity contribution >= 4 is 16.8 Å². The van der Waals surface area contributed by atoms with E-state index in [2.05, 4.69) is 25.1 Å². The summed E-state index contributed by atoms with van der Waals surface area (Å²) >= 11 is 5.61. The zero-order valence-electron chi connectivity index (χ0n) is 14.4. The van der Waals surface area contributed by atoms with Crippen molar-refractivity contribution in [2.75, 3.05) is 0 Å². The van der Waals surface area contributed by atoms with Crippen LogP contribution in [0, 0.1) is 0 Å². The minimum Gasteiger partial charge on any atom is -0.276 e.